The number of aliphatic hydroxyl groups excluding tert-OH is 1. The first-order chi connectivity index (χ1) is 9.76. The number of hydrogen-bond acceptors (Lipinski definition) is 3. The summed E-state index contributed by atoms with van der Waals surface area (Å²) in [5.74, 6) is 0.587. The molecule has 0 aromatic heterocycles. The third-order valence-corrected chi connectivity index (χ3v) is 4.30. The Morgan fingerprint density at radius 1 is 1.33 bits per heavy atom. The zero-order valence-electron chi connectivity index (χ0n) is 12.0. The van der Waals surface area contributed by atoms with E-state index in [1.165, 1.54) is 12.1 Å². The number of alkyl halides is 3. The first-order valence-corrected chi connectivity index (χ1v) is 7.11. The second kappa shape index (κ2) is 5.75. The molecule has 0 spiro atoms. The number of halogens is 3. The predicted molar refractivity (Wildman–Crippen MR) is 76.9 cm³/mol. The van der Waals surface area contributed by atoms with Gasteiger partial charge in [-0.2, -0.15) is 13.2 Å². The van der Waals surface area contributed by atoms with Gasteiger partial charge < -0.3 is 16.2 Å². The molecule has 1 fully saturated rings. The third kappa shape index (κ3) is 3.61. The number of benzene rings is 1. The van der Waals surface area contributed by atoms with Crippen LogP contribution in [-0.4, -0.2) is 17.3 Å². The van der Waals surface area contributed by atoms with E-state index in [4.69, 9.17) is 5.73 Å². The minimum absolute atomic E-state index is 0.0918. The number of rotatable bonds is 3. The molecule has 3 nitrogen and oxygen atoms in total. The van der Waals surface area contributed by atoms with Gasteiger partial charge in [0.2, 0.25) is 0 Å². The average Bonchev–Trinajstić information content (AvgIpc) is 2.43. The lowest BCUT2D eigenvalue weighted by molar-refractivity contribution is -0.136. The quantitative estimate of drug-likeness (QED) is 0.747. The van der Waals surface area contributed by atoms with E-state index in [-0.39, 0.29) is 12.3 Å². The highest BCUT2D eigenvalue weighted by Gasteiger charge is 2.36. The first kappa shape index (κ1) is 15.9. The molecule has 0 amide bonds. The predicted octanol–water partition coefficient (Wildman–Crippen LogP) is 3.64. The van der Waals surface area contributed by atoms with Crippen LogP contribution in [0.5, 0.6) is 0 Å². The van der Waals surface area contributed by atoms with Gasteiger partial charge in [0.15, 0.2) is 0 Å². The third-order valence-electron chi connectivity index (χ3n) is 4.30. The monoisotopic (exact) mass is 302 g/mol. The summed E-state index contributed by atoms with van der Waals surface area (Å²) in [4.78, 5) is 0. The molecule has 0 atom stereocenters. The SMILES string of the molecule is CC1CCC(CO)(Nc2ccc(N)c(C(F)(F)F)c2)CC1. The number of nitrogens with two attached hydrogens (primary N) is 1. The summed E-state index contributed by atoms with van der Waals surface area (Å²) in [6, 6.07) is 3.80. The van der Waals surface area contributed by atoms with Gasteiger partial charge in [0.05, 0.1) is 17.7 Å². The summed E-state index contributed by atoms with van der Waals surface area (Å²) in [5, 5.41) is 12.8. The van der Waals surface area contributed by atoms with Gasteiger partial charge in [-0.3, -0.25) is 0 Å². The normalized spacial score (nSPS) is 26.6. The Hall–Kier alpha value is -1.43. The second-order valence-corrected chi connectivity index (χ2v) is 6.05. The summed E-state index contributed by atoms with van der Waals surface area (Å²) in [6.45, 7) is 2.05. The highest BCUT2D eigenvalue weighted by atomic mass is 19.4. The lowest BCUT2D eigenvalue weighted by Crippen LogP contribution is -2.45. The van der Waals surface area contributed by atoms with Crippen molar-refractivity contribution in [3.8, 4) is 0 Å². The van der Waals surface area contributed by atoms with Crippen LogP contribution < -0.4 is 11.1 Å². The second-order valence-electron chi connectivity index (χ2n) is 6.05. The van der Waals surface area contributed by atoms with Crippen molar-refractivity contribution in [2.24, 2.45) is 5.92 Å². The number of hydrogen-bond donors (Lipinski definition) is 3. The molecule has 21 heavy (non-hydrogen) atoms. The van der Waals surface area contributed by atoms with E-state index in [2.05, 4.69) is 12.2 Å². The van der Waals surface area contributed by atoms with Gasteiger partial charge >= 0.3 is 6.18 Å². The molecule has 2 rings (SSSR count). The largest absolute Gasteiger partial charge is 0.418 e. The topological polar surface area (TPSA) is 58.3 Å². The van der Waals surface area contributed by atoms with Crippen LogP contribution in [-0.2, 0) is 6.18 Å². The van der Waals surface area contributed by atoms with Crippen molar-refractivity contribution < 1.29 is 18.3 Å². The van der Waals surface area contributed by atoms with E-state index < -0.39 is 17.3 Å². The van der Waals surface area contributed by atoms with Crippen molar-refractivity contribution in [2.45, 2.75) is 44.3 Å². The van der Waals surface area contributed by atoms with Crippen molar-refractivity contribution in [2.75, 3.05) is 17.7 Å². The smallest absolute Gasteiger partial charge is 0.398 e. The van der Waals surface area contributed by atoms with E-state index in [9.17, 15) is 18.3 Å². The van der Waals surface area contributed by atoms with Crippen molar-refractivity contribution in [3.63, 3.8) is 0 Å². The summed E-state index contributed by atoms with van der Waals surface area (Å²) < 4.78 is 38.6. The Morgan fingerprint density at radius 2 is 1.95 bits per heavy atom. The lowest BCUT2D eigenvalue weighted by atomic mass is 9.77. The summed E-state index contributed by atoms with van der Waals surface area (Å²) in [6.07, 6.45) is -1.08. The maximum atomic E-state index is 12.9. The number of nitrogens with one attached hydrogen (secondary N) is 1. The minimum Gasteiger partial charge on any atom is -0.398 e. The molecule has 0 radical (unpaired) electrons. The maximum absolute atomic E-state index is 12.9. The Bertz CT molecular complexity index is 494. The van der Waals surface area contributed by atoms with Crippen LogP contribution in [0.15, 0.2) is 18.2 Å². The van der Waals surface area contributed by atoms with Crippen molar-refractivity contribution in [1.82, 2.24) is 0 Å². The fraction of sp³-hybridized carbons (Fsp3) is 0.600. The van der Waals surface area contributed by atoms with Crippen LogP contribution in [0.1, 0.15) is 38.2 Å². The molecule has 0 aliphatic heterocycles. The Kier molecular flexibility index (Phi) is 4.37. The van der Waals surface area contributed by atoms with Crippen molar-refractivity contribution in [3.05, 3.63) is 23.8 Å². The number of anilines is 2. The van der Waals surface area contributed by atoms with E-state index in [1.807, 2.05) is 0 Å². The Morgan fingerprint density at radius 3 is 2.48 bits per heavy atom. The summed E-state index contributed by atoms with van der Waals surface area (Å²) in [5.41, 5.74) is 4.07. The Balaban J connectivity index is 2.22. The van der Waals surface area contributed by atoms with Gasteiger partial charge in [0.25, 0.3) is 0 Å². The highest BCUT2D eigenvalue weighted by molar-refractivity contribution is 5.59. The molecule has 1 aromatic carbocycles. The fourth-order valence-corrected chi connectivity index (χ4v) is 2.82. The van der Waals surface area contributed by atoms with E-state index in [0.29, 0.717) is 11.6 Å². The zero-order chi connectivity index (χ0) is 15.7. The first-order valence-electron chi connectivity index (χ1n) is 7.11. The molecule has 0 saturated heterocycles. The van der Waals surface area contributed by atoms with Crippen molar-refractivity contribution in [1.29, 1.82) is 0 Å². The van der Waals surface area contributed by atoms with Crippen LogP contribution in [0, 0.1) is 5.92 Å². The highest BCUT2D eigenvalue weighted by Crippen LogP contribution is 2.38. The van der Waals surface area contributed by atoms with Gasteiger partial charge in [-0.1, -0.05) is 6.92 Å². The molecule has 0 unspecified atom stereocenters. The molecule has 4 N–H and O–H groups in total. The van der Waals surface area contributed by atoms with Crippen LogP contribution in [0.4, 0.5) is 24.5 Å². The van der Waals surface area contributed by atoms with Gasteiger partial charge in [-0.25, -0.2) is 0 Å². The lowest BCUT2D eigenvalue weighted by Gasteiger charge is -2.39. The van der Waals surface area contributed by atoms with Crippen molar-refractivity contribution >= 4 is 11.4 Å². The molecule has 1 aromatic rings. The summed E-state index contributed by atoms with van der Waals surface area (Å²) in [7, 11) is 0. The molecule has 0 bridgehead atoms. The fourth-order valence-electron chi connectivity index (χ4n) is 2.82. The molecule has 1 saturated carbocycles. The average molecular weight is 302 g/mol. The summed E-state index contributed by atoms with van der Waals surface area (Å²) >= 11 is 0. The molecule has 1 aliphatic rings. The van der Waals surface area contributed by atoms with Gasteiger partial charge in [-0.15, -0.1) is 0 Å². The van der Waals surface area contributed by atoms with Crippen LogP contribution in [0.3, 0.4) is 0 Å². The molecular formula is C15H21F3N2O. The Labute approximate surface area is 122 Å². The maximum Gasteiger partial charge on any atom is 0.418 e. The van der Waals surface area contributed by atoms with E-state index in [1.54, 1.807) is 0 Å². The molecular weight excluding hydrogens is 281 g/mol. The molecule has 118 valence electrons. The molecule has 6 heteroatoms. The van der Waals surface area contributed by atoms with Crippen LogP contribution in [0.2, 0.25) is 0 Å². The zero-order valence-corrected chi connectivity index (χ0v) is 12.0. The number of aliphatic hydroxyl groups is 1. The standard InChI is InChI=1S/C15H21F3N2O/c1-10-4-6-14(9-21,7-5-10)20-11-2-3-13(19)12(8-11)15(16,17)18/h2-3,8,10,20-21H,4-7,9,19H2,1H3. The van der Waals surface area contributed by atoms with Crippen LogP contribution in [0.25, 0.3) is 0 Å². The van der Waals surface area contributed by atoms with Crippen LogP contribution >= 0.6 is 0 Å². The van der Waals surface area contributed by atoms with Gasteiger partial charge in [-0.05, 0) is 49.8 Å². The molecule has 0 heterocycles. The minimum atomic E-state index is -4.48. The van der Waals surface area contributed by atoms with E-state index >= 15 is 0 Å². The van der Waals surface area contributed by atoms with Gasteiger partial charge in [0.1, 0.15) is 0 Å². The molecule has 1 aliphatic carbocycles. The van der Waals surface area contributed by atoms with E-state index in [0.717, 1.165) is 31.7 Å². The van der Waals surface area contributed by atoms with Gasteiger partial charge in [0, 0.05) is 11.4 Å². The number of nitrogen functional groups attached to an aromatic ring is 1.